The molecule has 0 saturated heterocycles. The molecular formula is C12H11ClFN3O2. The lowest BCUT2D eigenvalue weighted by molar-refractivity contribution is 0.402. The normalized spacial score (nSPS) is 10.5. The Bertz CT molecular complexity index is 673. The first-order chi connectivity index (χ1) is 9.01. The van der Waals surface area contributed by atoms with Crippen molar-refractivity contribution < 1.29 is 9.13 Å². The number of hydrogen-bond acceptors (Lipinski definition) is 4. The van der Waals surface area contributed by atoms with E-state index in [1.165, 1.54) is 30.0 Å². The van der Waals surface area contributed by atoms with E-state index in [0.717, 1.165) is 5.56 Å². The number of halogens is 2. The zero-order valence-corrected chi connectivity index (χ0v) is 10.8. The van der Waals surface area contributed by atoms with Crippen LogP contribution in [0.2, 0.25) is 5.02 Å². The zero-order chi connectivity index (χ0) is 14.0. The number of nitrogens with two attached hydrogens (primary N) is 1. The first kappa shape index (κ1) is 13.4. The summed E-state index contributed by atoms with van der Waals surface area (Å²) in [6, 6.07) is 4.33. The number of ether oxygens (including phenoxy) is 1. The molecule has 0 fully saturated rings. The van der Waals surface area contributed by atoms with Gasteiger partial charge in [0.15, 0.2) is 0 Å². The fourth-order valence-electron chi connectivity index (χ4n) is 1.59. The van der Waals surface area contributed by atoms with Gasteiger partial charge in [-0.3, -0.25) is 4.79 Å². The van der Waals surface area contributed by atoms with Gasteiger partial charge in [-0.25, -0.2) is 4.39 Å². The molecule has 2 rings (SSSR count). The third-order valence-electron chi connectivity index (χ3n) is 2.55. The minimum atomic E-state index is -0.534. The highest BCUT2D eigenvalue weighted by Gasteiger charge is 2.08. The molecule has 0 aliphatic carbocycles. The third kappa shape index (κ3) is 2.85. The second-order valence-electron chi connectivity index (χ2n) is 3.85. The van der Waals surface area contributed by atoms with Gasteiger partial charge in [-0.2, -0.15) is 4.98 Å². The molecule has 1 heterocycles. The summed E-state index contributed by atoms with van der Waals surface area (Å²) in [6.07, 6.45) is 1.45. The van der Waals surface area contributed by atoms with E-state index in [0.29, 0.717) is 6.54 Å². The van der Waals surface area contributed by atoms with Crippen LogP contribution in [0.1, 0.15) is 5.56 Å². The topological polar surface area (TPSA) is 70.1 Å². The smallest absolute Gasteiger partial charge is 0.316 e. The largest absolute Gasteiger partial charge is 0.490 e. The number of methoxy groups -OCH3 is 1. The molecule has 0 unspecified atom stereocenters. The highest BCUT2D eigenvalue weighted by Crippen LogP contribution is 2.17. The van der Waals surface area contributed by atoms with Gasteiger partial charge >= 0.3 is 5.56 Å². The van der Waals surface area contributed by atoms with Crippen LogP contribution in [0, 0.1) is 5.82 Å². The highest BCUT2D eigenvalue weighted by molar-refractivity contribution is 6.30. The van der Waals surface area contributed by atoms with E-state index in [1.54, 1.807) is 6.07 Å². The molecule has 0 atom stereocenters. The number of nitrogens with zero attached hydrogens (tertiary/aromatic N) is 2. The molecule has 2 N–H and O–H groups in total. The third-order valence-corrected chi connectivity index (χ3v) is 2.84. The molecular weight excluding hydrogens is 273 g/mol. The van der Waals surface area contributed by atoms with Gasteiger partial charge < -0.3 is 15.0 Å². The number of nitrogen functional groups attached to an aromatic ring is 1. The van der Waals surface area contributed by atoms with E-state index < -0.39 is 11.4 Å². The van der Waals surface area contributed by atoms with E-state index in [2.05, 4.69) is 4.98 Å². The van der Waals surface area contributed by atoms with Gasteiger partial charge in [0, 0.05) is 0 Å². The van der Waals surface area contributed by atoms with Crippen LogP contribution in [-0.2, 0) is 6.54 Å². The summed E-state index contributed by atoms with van der Waals surface area (Å²) in [4.78, 5) is 15.0. The van der Waals surface area contributed by atoms with Crippen LogP contribution in [0.5, 0.6) is 5.75 Å². The van der Waals surface area contributed by atoms with E-state index in [-0.39, 0.29) is 16.7 Å². The highest BCUT2D eigenvalue weighted by atomic mass is 35.5. The average molecular weight is 284 g/mol. The standard InChI is InChI=1S/C12H11ClFN3O2/c1-19-10-6-17(12(15)16-11(10)18)5-7-2-3-9(14)8(13)4-7/h2-4,6H,5H2,1H3,(H2,15,16,18). The summed E-state index contributed by atoms with van der Waals surface area (Å²) in [5, 5.41) is 0.0250. The molecule has 19 heavy (non-hydrogen) atoms. The molecule has 0 bridgehead atoms. The molecule has 1 aromatic carbocycles. The van der Waals surface area contributed by atoms with Crippen LogP contribution in [0.3, 0.4) is 0 Å². The quantitative estimate of drug-likeness (QED) is 0.930. The molecule has 2 aromatic rings. The molecule has 7 heteroatoms. The molecule has 0 amide bonds. The Balaban J connectivity index is 2.37. The number of rotatable bonds is 3. The first-order valence-electron chi connectivity index (χ1n) is 5.36. The Morgan fingerprint density at radius 1 is 1.53 bits per heavy atom. The summed E-state index contributed by atoms with van der Waals surface area (Å²) in [5.41, 5.74) is 5.84. The maximum absolute atomic E-state index is 13.1. The lowest BCUT2D eigenvalue weighted by atomic mass is 10.2. The van der Waals surface area contributed by atoms with Gasteiger partial charge in [0.25, 0.3) is 0 Å². The second kappa shape index (κ2) is 5.27. The van der Waals surface area contributed by atoms with Gasteiger partial charge in [0.2, 0.25) is 11.7 Å². The van der Waals surface area contributed by atoms with Crippen molar-refractivity contribution in [1.29, 1.82) is 0 Å². The van der Waals surface area contributed by atoms with Gasteiger partial charge in [0.1, 0.15) is 5.82 Å². The van der Waals surface area contributed by atoms with Crippen molar-refractivity contribution in [3.8, 4) is 5.75 Å². The number of anilines is 1. The minimum absolute atomic E-state index is 0.0250. The van der Waals surface area contributed by atoms with E-state index in [1.807, 2.05) is 0 Å². The number of benzene rings is 1. The summed E-state index contributed by atoms with van der Waals surface area (Å²) < 4.78 is 19.5. The van der Waals surface area contributed by atoms with Crippen molar-refractivity contribution in [1.82, 2.24) is 9.55 Å². The molecule has 100 valence electrons. The predicted octanol–water partition coefficient (Wildman–Crippen LogP) is 1.67. The molecule has 5 nitrogen and oxygen atoms in total. The van der Waals surface area contributed by atoms with Crippen LogP contribution in [0.25, 0.3) is 0 Å². The summed E-state index contributed by atoms with van der Waals surface area (Å²) in [6.45, 7) is 0.301. The van der Waals surface area contributed by atoms with Crippen molar-refractivity contribution in [2.45, 2.75) is 6.54 Å². The maximum Gasteiger partial charge on any atom is 0.316 e. The molecule has 0 aliphatic rings. The summed E-state index contributed by atoms with van der Waals surface area (Å²) >= 11 is 5.70. The van der Waals surface area contributed by atoms with E-state index in [9.17, 15) is 9.18 Å². The monoisotopic (exact) mass is 283 g/mol. The van der Waals surface area contributed by atoms with Gasteiger partial charge in [0.05, 0.1) is 24.9 Å². The van der Waals surface area contributed by atoms with Crippen LogP contribution >= 0.6 is 11.6 Å². The van der Waals surface area contributed by atoms with E-state index >= 15 is 0 Å². The fourth-order valence-corrected chi connectivity index (χ4v) is 1.79. The fraction of sp³-hybridized carbons (Fsp3) is 0.167. The predicted molar refractivity (Wildman–Crippen MR) is 70.0 cm³/mol. The maximum atomic E-state index is 13.1. The van der Waals surface area contributed by atoms with Gasteiger partial charge in [-0.1, -0.05) is 17.7 Å². The van der Waals surface area contributed by atoms with Crippen LogP contribution < -0.4 is 16.0 Å². The van der Waals surface area contributed by atoms with Crippen molar-refractivity contribution in [2.75, 3.05) is 12.8 Å². The Hall–Kier alpha value is -2.08. The Kier molecular flexibility index (Phi) is 3.71. The van der Waals surface area contributed by atoms with Crippen LogP contribution in [0.15, 0.2) is 29.2 Å². The average Bonchev–Trinajstić information content (AvgIpc) is 2.37. The van der Waals surface area contributed by atoms with Crippen molar-refractivity contribution in [2.24, 2.45) is 0 Å². The molecule has 0 radical (unpaired) electrons. The van der Waals surface area contributed by atoms with Crippen LogP contribution in [0.4, 0.5) is 10.3 Å². The van der Waals surface area contributed by atoms with Gasteiger partial charge in [-0.05, 0) is 17.7 Å². The van der Waals surface area contributed by atoms with Crippen molar-refractivity contribution >= 4 is 17.5 Å². The van der Waals surface area contributed by atoms with E-state index in [4.69, 9.17) is 22.1 Å². The second-order valence-corrected chi connectivity index (χ2v) is 4.26. The number of hydrogen-bond donors (Lipinski definition) is 1. The lowest BCUT2D eigenvalue weighted by Gasteiger charge is -2.11. The SMILES string of the molecule is COc1cn(Cc2ccc(F)c(Cl)c2)c(N)nc1=O. The molecule has 0 aliphatic heterocycles. The first-order valence-corrected chi connectivity index (χ1v) is 5.74. The van der Waals surface area contributed by atoms with Gasteiger partial charge in [-0.15, -0.1) is 0 Å². The molecule has 0 saturated carbocycles. The van der Waals surface area contributed by atoms with Crippen molar-refractivity contribution in [3.63, 3.8) is 0 Å². The Labute approximate surface area is 113 Å². The summed E-state index contributed by atoms with van der Waals surface area (Å²) in [5.74, 6) is -0.359. The van der Waals surface area contributed by atoms with Crippen molar-refractivity contribution in [3.05, 3.63) is 51.2 Å². The molecule has 0 spiro atoms. The summed E-state index contributed by atoms with van der Waals surface area (Å²) in [7, 11) is 1.37. The Morgan fingerprint density at radius 3 is 2.89 bits per heavy atom. The minimum Gasteiger partial charge on any atom is -0.490 e. The number of aromatic nitrogens is 2. The zero-order valence-electron chi connectivity index (χ0n) is 10.1. The lowest BCUT2D eigenvalue weighted by Crippen LogP contribution is -2.18. The molecule has 1 aromatic heterocycles. The van der Waals surface area contributed by atoms with Crippen LogP contribution in [-0.4, -0.2) is 16.7 Å². The Morgan fingerprint density at radius 2 is 2.26 bits per heavy atom.